The topological polar surface area (TPSA) is 102 Å². The smallest absolute Gasteiger partial charge is 0.250 e. The van der Waals surface area contributed by atoms with Gasteiger partial charge in [0.15, 0.2) is 6.23 Å². The molecule has 2 amide bonds. The molecular formula is C29H27BrFN5O3. The average Bonchev–Trinajstić information content (AvgIpc) is 3.52. The van der Waals surface area contributed by atoms with Crippen LogP contribution in [0.1, 0.15) is 24.3 Å². The van der Waals surface area contributed by atoms with Crippen molar-refractivity contribution in [3.63, 3.8) is 0 Å². The Labute approximate surface area is 233 Å². The lowest BCUT2D eigenvalue weighted by Crippen LogP contribution is -2.32. The molecule has 10 heteroatoms. The van der Waals surface area contributed by atoms with E-state index in [1.807, 2.05) is 54.7 Å². The predicted octanol–water partition coefficient (Wildman–Crippen LogP) is 4.83. The van der Waals surface area contributed by atoms with Gasteiger partial charge in [-0.15, -0.1) is 0 Å². The van der Waals surface area contributed by atoms with Crippen LogP contribution in [0.4, 0.5) is 10.1 Å². The summed E-state index contributed by atoms with van der Waals surface area (Å²) in [5.41, 5.74) is 10.0. The van der Waals surface area contributed by atoms with Crippen molar-refractivity contribution in [3.8, 4) is 16.9 Å². The van der Waals surface area contributed by atoms with Gasteiger partial charge in [-0.25, -0.2) is 9.07 Å². The summed E-state index contributed by atoms with van der Waals surface area (Å²) >= 11 is 3.45. The minimum Gasteiger partial charge on any atom is -0.374 e. The molecule has 0 radical (unpaired) electrons. The Morgan fingerprint density at radius 2 is 1.82 bits per heavy atom. The molecule has 2 heterocycles. The molecule has 0 saturated carbocycles. The molecule has 2 atom stereocenters. The van der Waals surface area contributed by atoms with Crippen molar-refractivity contribution >= 4 is 33.4 Å². The fraction of sp³-hybridized carbons (Fsp3) is 0.207. The molecule has 0 bridgehead atoms. The van der Waals surface area contributed by atoms with Gasteiger partial charge in [0, 0.05) is 34.0 Å². The highest BCUT2D eigenvalue weighted by Crippen LogP contribution is 2.35. The van der Waals surface area contributed by atoms with Crippen LogP contribution in [0, 0.1) is 5.82 Å². The summed E-state index contributed by atoms with van der Waals surface area (Å²) in [7, 11) is 0. The predicted molar refractivity (Wildman–Crippen MR) is 149 cm³/mol. The summed E-state index contributed by atoms with van der Waals surface area (Å²) < 4.78 is 22.3. The third-order valence-electron chi connectivity index (χ3n) is 6.59. The zero-order chi connectivity index (χ0) is 27.5. The lowest BCUT2D eigenvalue weighted by Gasteiger charge is -2.23. The van der Waals surface area contributed by atoms with Crippen molar-refractivity contribution < 1.29 is 18.7 Å². The molecule has 1 saturated heterocycles. The van der Waals surface area contributed by atoms with E-state index < -0.39 is 18.2 Å². The normalized spacial score (nSPS) is 15.9. The molecule has 1 fully saturated rings. The van der Waals surface area contributed by atoms with Crippen molar-refractivity contribution in [1.82, 2.24) is 14.7 Å². The van der Waals surface area contributed by atoms with Gasteiger partial charge in [-0.2, -0.15) is 5.10 Å². The van der Waals surface area contributed by atoms with Gasteiger partial charge >= 0.3 is 0 Å². The summed E-state index contributed by atoms with van der Waals surface area (Å²) in [6.07, 6.45) is 1.82. The van der Waals surface area contributed by atoms with E-state index in [9.17, 15) is 14.0 Å². The number of ether oxygens (including phenoxy) is 1. The van der Waals surface area contributed by atoms with Crippen LogP contribution in [0.15, 0.2) is 83.5 Å². The van der Waals surface area contributed by atoms with Crippen LogP contribution in [0.2, 0.25) is 0 Å². The highest BCUT2D eigenvalue weighted by Gasteiger charge is 2.36. The van der Waals surface area contributed by atoms with E-state index in [1.54, 1.807) is 28.6 Å². The van der Waals surface area contributed by atoms with Crippen LogP contribution in [0.3, 0.4) is 0 Å². The van der Waals surface area contributed by atoms with E-state index in [2.05, 4.69) is 21.2 Å². The highest BCUT2D eigenvalue weighted by molar-refractivity contribution is 9.10. The maximum Gasteiger partial charge on any atom is 0.250 e. The standard InChI is InChI=1S/C29H27BrFN5O3/c1-18(28(32)38)33-23-10-2-19(3-11-23)14-15-35-26(37)17-39-29(35)25-16-36(24-12-6-21(30)7-13-24)34-27(25)20-4-8-22(31)9-5-20/h2-13,16,18,29,33H,14-15,17H2,1H3,(H2,32,38). The first-order valence-electron chi connectivity index (χ1n) is 12.5. The Morgan fingerprint density at radius 3 is 2.49 bits per heavy atom. The van der Waals surface area contributed by atoms with E-state index >= 15 is 0 Å². The third-order valence-corrected chi connectivity index (χ3v) is 7.12. The van der Waals surface area contributed by atoms with Crippen LogP contribution in [0.5, 0.6) is 0 Å². The molecule has 4 aromatic rings. The molecule has 39 heavy (non-hydrogen) atoms. The molecule has 8 nitrogen and oxygen atoms in total. The van der Waals surface area contributed by atoms with E-state index in [0.717, 1.165) is 32.5 Å². The Hall–Kier alpha value is -4.02. The second kappa shape index (κ2) is 11.4. The Bertz CT molecular complexity index is 1470. The van der Waals surface area contributed by atoms with Gasteiger partial charge in [0.25, 0.3) is 5.91 Å². The van der Waals surface area contributed by atoms with Crippen molar-refractivity contribution in [2.45, 2.75) is 25.6 Å². The van der Waals surface area contributed by atoms with E-state index in [0.29, 0.717) is 18.7 Å². The Morgan fingerprint density at radius 1 is 1.13 bits per heavy atom. The monoisotopic (exact) mass is 591 g/mol. The highest BCUT2D eigenvalue weighted by atomic mass is 79.9. The number of benzene rings is 3. The number of primary amides is 1. The first-order valence-corrected chi connectivity index (χ1v) is 13.2. The number of nitrogens with one attached hydrogen (secondary N) is 1. The number of amides is 2. The molecule has 0 spiro atoms. The number of hydrogen-bond acceptors (Lipinski definition) is 5. The van der Waals surface area contributed by atoms with Gasteiger partial charge in [0.2, 0.25) is 5.91 Å². The lowest BCUT2D eigenvalue weighted by atomic mass is 10.1. The van der Waals surface area contributed by atoms with Gasteiger partial charge in [-0.05, 0) is 79.6 Å². The second-order valence-corrected chi connectivity index (χ2v) is 10.2. The quantitative estimate of drug-likeness (QED) is 0.290. The molecule has 1 aliphatic rings. The first kappa shape index (κ1) is 26.6. The Kier molecular flexibility index (Phi) is 7.76. The maximum atomic E-state index is 13.7. The molecule has 0 aliphatic carbocycles. The number of carbonyl (C=O) groups excluding carboxylic acids is 2. The van der Waals surface area contributed by atoms with Gasteiger partial charge in [0.05, 0.1) is 5.69 Å². The largest absolute Gasteiger partial charge is 0.374 e. The van der Waals surface area contributed by atoms with Crippen molar-refractivity contribution in [2.24, 2.45) is 5.73 Å². The minimum atomic E-state index is -0.640. The number of anilines is 1. The van der Waals surface area contributed by atoms with Crippen LogP contribution in [-0.2, 0) is 20.7 Å². The summed E-state index contributed by atoms with van der Waals surface area (Å²) in [4.78, 5) is 25.9. The maximum absolute atomic E-state index is 13.7. The van der Waals surface area contributed by atoms with Gasteiger partial charge in [-0.1, -0.05) is 28.1 Å². The summed E-state index contributed by atoms with van der Waals surface area (Å²) in [6.45, 7) is 2.10. The molecule has 2 unspecified atom stereocenters. The second-order valence-electron chi connectivity index (χ2n) is 9.33. The average molecular weight is 592 g/mol. The van der Waals surface area contributed by atoms with Gasteiger partial charge in [0.1, 0.15) is 24.2 Å². The molecule has 3 N–H and O–H groups in total. The van der Waals surface area contributed by atoms with Crippen molar-refractivity contribution in [2.75, 3.05) is 18.5 Å². The third kappa shape index (κ3) is 6.02. The zero-order valence-electron chi connectivity index (χ0n) is 21.2. The van der Waals surface area contributed by atoms with E-state index in [4.69, 9.17) is 15.6 Å². The number of halogens is 2. The van der Waals surface area contributed by atoms with E-state index in [-0.39, 0.29) is 18.3 Å². The number of carbonyl (C=O) groups is 2. The van der Waals surface area contributed by atoms with E-state index in [1.165, 1.54) is 12.1 Å². The van der Waals surface area contributed by atoms with Gasteiger partial charge in [-0.3, -0.25) is 9.59 Å². The molecule has 1 aliphatic heterocycles. The molecular weight excluding hydrogens is 565 g/mol. The number of nitrogens with two attached hydrogens (primary N) is 1. The van der Waals surface area contributed by atoms with Crippen LogP contribution < -0.4 is 11.1 Å². The number of hydrogen-bond donors (Lipinski definition) is 2. The fourth-order valence-electron chi connectivity index (χ4n) is 4.42. The molecule has 1 aromatic heterocycles. The first-order chi connectivity index (χ1) is 18.8. The Balaban J connectivity index is 1.40. The number of rotatable bonds is 9. The molecule has 200 valence electrons. The number of nitrogens with zero attached hydrogens (tertiary/aromatic N) is 3. The number of aromatic nitrogens is 2. The molecule has 3 aromatic carbocycles. The summed E-state index contributed by atoms with van der Waals surface area (Å²) in [6, 6.07) is 21.0. The summed E-state index contributed by atoms with van der Waals surface area (Å²) in [5.74, 6) is -0.886. The van der Waals surface area contributed by atoms with Crippen molar-refractivity contribution in [3.05, 3.63) is 100 Å². The van der Waals surface area contributed by atoms with Crippen LogP contribution >= 0.6 is 15.9 Å². The summed E-state index contributed by atoms with van der Waals surface area (Å²) in [5, 5.41) is 7.85. The van der Waals surface area contributed by atoms with Crippen LogP contribution in [-0.4, -0.2) is 45.7 Å². The van der Waals surface area contributed by atoms with Gasteiger partial charge < -0.3 is 20.7 Å². The van der Waals surface area contributed by atoms with Crippen molar-refractivity contribution in [1.29, 1.82) is 0 Å². The lowest BCUT2D eigenvalue weighted by molar-refractivity contribution is -0.128. The molecule has 5 rings (SSSR count). The zero-order valence-corrected chi connectivity index (χ0v) is 22.8. The minimum absolute atomic E-state index is 0.0369. The fourth-order valence-corrected chi connectivity index (χ4v) is 4.68. The SMILES string of the molecule is CC(Nc1ccc(CCN2C(=O)COC2c2cn(-c3ccc(Br)cc3)nc2-c2ccc(F)cc2)cc1)C(N)=O. The van der Waals surface area contributed by atoms with Crippen LogP contribution in [0.25, 0.3) is 16.9 Å².